The molecular formula is C44H38F4N10O4S2. The number of fused-ring (bicyclic) bond motifs is 2. The first-order valence-corrected chi connectivity index (χ1v) is 23.7. The Labute approximate surface area is 365 Å². The second kappa shape index (κ2) is 18.5. The van der Waals surface area contributed by atoms with Crippen molar-refractivity contribution in [3.63, 3.8) is 0 Å². The normalized spacial score (nSPS) is 11.9. The summed E-state index contributed by atoms with van der Waals surface area (Å²) < 4.78 is 95.7. The summed E-state index contributed by atoms with van der Waals surface area (Å²) in [5.74, 6) is -1.57. The number of anilines is 4. The summed E-state index contributed by atoms with van der Waals surface area (Å²) in [6.07, 6.45) is 11.2. The van der Waals surface area contributed by atoms with E-state index >= 15 is 0 Å². The number of nitrogens with zero attached hydrogens (tertiary/aromatic N) is 8. The minimum absolute atomic E-state index is 0.0306. The number of thiol groups is 2. The maximum atomic E-state index is 14.6. The zero-order chi connectivity index (χ0) is 45.8. The summed E-state index contributed by atoms with van der Waals surface area (Å²) in [5, 5.41) is 24.1. The second-order valence-corrected chi connectivity index (χ2v) is 20.2. The monoisotopic (exact) mass is 910 g/mol. The lowest BCUT2D eigenvalue weighted by molar-refractivity contribution is 0.605. The Bertz CT molecular complexity index is 3060. The van der Waals surface area contributed by atoms with Gasteiger partial charge in [-0.05, 0) is 109 Å². The van der Waals surface area contributed by atoms with Crippen LogP contribution in [0, 0.1) is 60.0 Å². The van der Waals surface area contributed by atoms with Gasteiger partial charge >= 0.3 is 0 Å². The van der Waals surface area contributed by atoms with Gasteiger partial charge in [-0.1, -0.05) is 32.3 Å². The molecule has 0 atom stereocenters. The van der Waals surface area contributed by atoms with Gasteiger partial charge in [0.2, 0.25) is 24.3 Å². The number of halogens is 4. The van der Waals surface area contributed by atoms with Crippen LogP contribution in [0.5, 0.6) is 0 Å². The Kier molecular flexibility index (Phi) is 13.0. The van der Waals surface area contributed by atoms with Crippen molar-refractivity contribution in [1.29, 1.82) is 10.5 Å². The van der Waals surface area contributed by atoms with Gasteiger partial charge in [0.15, 0.2) is 11.6 Å². The molecule has 0 fully saturated rings. The highest BCUT2D eigenvalue weighted by molar-refractivity contribution is 7.98. The third-order valence-corrected chi connectivity index (χ3v) is 12.4. The topological polar surface area (TPSA) is 215 Å². The van der Waals surface area contributed by atoms with E-state index in [0.717, 1.165) is 34.6 Å². The van der Waals surface area contributed by atoms with Crippen molar-refractivity contribution < 1.29 is 35.5 Å². The molecule has 0 spiro atoms. The molecule has 0 aliphatic carbocycles. The van der Waals surface area contributed by atoms with Gasteiger partial charge in [0.25, 0.3) is 0 Å². The van der Waals surface area contributed by atoms with E-state index in [-0.39, 0.29) is 56.7 Å². The minimum atomic E-state index is -2.75. The number of nitriles is 2. The van der Waals surface area contributed by atoms with E-state index in [0.29, 0.717) is 22.5 Å². The highest BCUT2D eigenvalue weighted by Crippen LogP contribution is 2.34. The van der Waals surface area contributed by atoms with Gasteiger partial charge in [-0.3, -0.25) is 0 Å². The van der Waals surface area contributed by atoms with Gasteiger partial charge in [-0.2, -0.15) is 10.5 Å². The molecule has 0 radical (unpaired) electrons. The van der Waals surface area contributed by atoms with E-state index in [4.69, 9.17) is 19.4 Å². The largest absolute Gasteiger partial charge is 0.464 e. The maximum Gasteiger partial charge on any atom is 0.227 e. The van der Waals surface area contributed by atoms with Crippen molar-refractivity contribution in [3.8, 4) is 34.9 Å². The number of rotatable bonds is 10. The molecule has 0 saturated carbocycles. The van der Waals surface area contributed by atoms with Crippen LogP contribution in [-0.4, -0.2) is 41.6 Å². The SMILES string of the molecule is Cc1cc(C[SH](C)(O)=NC#N)cc(Nc2ncc(F)c(-c3ccc(F)c4ccoc34)n2)c1.Cc1cc(C[SH](C)(O)=NC#N)cc(Nc2ncc(F)c(-c3ccc(F)c4ccoc34)n2)c1. The van der Waals surface area contributed by atoms with Crippen molar-refractivity contribution in [1.82, 2.24) is 19.9 Å². The van der Waals surface area contributed by atoms with E-state index in [1.54, 1.807) is 37.0 Å². The number of aryl methyl sites for hydroxylation is 2. The average Bonchev–Trinajstić information content (AvgIpc) is 3.92. The van der Waals surface area contributed by atoms with Gasteiger partial charge in [-0.25, -0.2) is 37.5 Å². The van der Waals surface area contributed by atoms with Crippen LogP contribution in [0.1, 0.15) is 22.3 Å². The standard InChI is InChI=1S/2C22H19F2N5O2S/c2*1-13-7-14(11-32(2,30)27-12-25)9-15(8-13)28-22-26-10-19(24)20(29-22)17-3-4-18(23)16-5-6-31-21(16)17/h2*3-10,32H,11H2,1-2H3,(H,27,30)(H,26,28,29). The highest BCUT2D eigenvalue weighted by Gasteiger charge is 2.19. The molecule has 4 aromatic carbocycles. The van der Waals surface area contributed by atoms with Crippen molar-refractivity contribution in [2.45, 2.75) is 25.4 Å². The molecule has 8 aromatic rings. The van der Waals surface area contributed by atoms with Crippen LogP contribution in [0.3, 0.4) is 0 Å². The summed E-state index contributed by atoms with van der Waals surface area (Å²) in [6, 6.07) is 19.2. The average molecular weight is 911 g/mol. The number of hydrogen-bond acceptors (Lipinski definition) is 12. The zero-order valence-electron chi connectivity index (χ0n) is 34.3. The zero-order valence-corrected chi connectivity index (χ0v) is 36.1. The third kappa shape index (κ3) is 10.5. The fourth-order valence-corrected chi connectivity index (χ4v) is 9.20. The second-order valence-electron chi connectivity index (χ2n) is 14.9. The van der Waals surface area contributed by atoms with Crippen LogP contribution >= 0.6 is 0 Å². The molecule has 0 saturated heterocycles. The molecule has 20 heteroatoms. The number of hydrogen-bond donors (Lipinski definition) is 6. The van der Waals surface area contributed by atoms with Crippen LogP contribution in [0.2, 0.25) is 0 Å². The molecule has 8 rings (SSSR count). The maximum absolute atomic E-state index is 14.6. The molecule has 0 bridgehead atoms. The minimum Gasteiger partial charge on any atom is -0.464 e. The van der Waals surface area contributed by atoms with E-state index in [1.807, 2.05) is 38.1 Å². The molecule has 4 aromatic heterocycles. The Morgan fingerprint density at radius 3 is 1.41 bits per heavy atom. The van der Waals surface area contributed by atoms with E-state index in [1.165, 1.54) is 48.9 Å². The third-order valence-electron chi connectivity index (χ3n) is 9.40. The number of benzene rings is 4. The number of furan rings is 2. The summed E-state index contributed by atoms with van der Waals surface area (Å²) in [7, 11) is -5.50. The van der Waals surface area contributed by atoms with Crippen LogP contribution in [0.4, 0.5) is 40.8 Å². The molecule has 4 heterocycles. The van der Waals surface area contributed by atoms with Gasteiger partial charge in [0, 0.05) is 34.0 Å². The van der Waals surface area contributed by atoms with Gasteiger partial charge in [-0.15, -0.1) is 8.73 Å². The Morgan fingerprint density at radius 2 is 1.02 bits per heavy atom. The number of nitrogens with one attached hydrogen (secondary N) is 2. The van der Waals surface area contributed by atoms with Gasteiger partial charge in [0.05, 0.1) is 35.7 Å². The Hall–Kier alpha value is -7.36. The lowest BCUT2D eigenvalue weighted by Gasteiger charge is -2.17. The first-order chi connectivity index (χ1) is 30.5. The molecule has 4 N–H and O–H groups in total. The molecular weight excluding hydrogens is 873 g/mol. The Morgan fingerprint density at radius 1 is 0.609 bits per heavy atom. The molecule has 0 unspecified atom stereocenters. The van der Waals surface area contributed by atoms with Gasteiger partial charge < -0.3 is 28.6 Å². The van der Waals surface area contributed by atoms with Crippen LogP contribution in [-0.2, 0) is 31.7 Å². The summed E-state index contributed by atoms with van der Waals surface area (Å²) >= 11 is 0. The van der Waals surface area contributed by atoms with Crippen molar-refractivity contribution in [3.05, 3.63) is 143 Å². The van der Waals surface area contributed by atoms with E-state index in [9.17, 15) is 26.7 Å². The molecule has 14 nitrogen and oxygen atoms in total. The number of aromatic nitrogens is 4. The van der Waals surface area contributed by atoms with Crippen LogP contribution in [0.25, 0.3) is 44.5 Å². The lowest BCUT2D eigenvalue weighted by atomic mass is 10.1. The molecule has 0 aliphatic heterocycles. The Balaban J connectivity index is 0.000000191. The van der Waals surface area contributed by atoms with Crippen molar-refractivity contribution in [2.75, 3.05) is 23.1 Å². The van der Waals surface area contributed by atoms with E-state index < -0.39 is 43.5 Å². The van der Waals surface area contributed by atoms with Crippen LogP contribution in [0.15, 0.2) is 115 Å². The summed E-state index contributed by atoms with van der Waals surface area (Å²) in [6.45, 7) is 3.76. The van der Waals surface area contributed by atoms with Gasteiger partial charge in [0.1, 0.15) is 34.2 Å². The van der Waals surface area contributed by atoms with Crippen LogP contribution < -0.4 is 10.6 Å². The summed E-state index contributed by atoms with van der Waals surface area (Å²) in [4.78, 5) is 16.6. The first-order valence-electron chi connectivity index (χ1n) is 19.0. The highest BCUT2D eigenvalue weighted by atomic mass is 32.3. The smallest absolute Gasteiger partial charge is 0.227 e. The lowest BCUT2D eigenvalue weighted by Crippen LogP contribution is -2.10. The molecule has 0 aliphatic rings. The summed E-state index contributed by atoms with van der Waals surface area (Å²) in [5.41, 5.74) is 5.54. The quantitative estimate of drug-likeness (QED) is 0.0429. The predicted octanol–water partition coefficient (Wildman–Crippen LogP) is 10.7. The molecule has 64 heavy (non-hydrogen) atoms. The predicted molar refractivity (Wildman–Crippen MR) is 241 cm³/mol. The fourth-order valence-electron chi connectivity index (χ4n) is 6.93. The first kappa shape index (κ1) is 44.7. The molecule has 0 amide bonds. The van der Waals surface area contributed by atoms with Crippen molar-refractivity contribution in [2.24, 2.45) is 8.73 Å². The fraction of sp³-hybridized carbons (Fsp3) is 0.136. The molecule has 328 valence electrons. The van der Waals surface area contributed by atoms with E-state index in [2.05, 4.69) is 39.3 Å². The van der Waals surface area contributed by atoms with Crippen molar-refractivity contribution >= 4 is 65.4 Å².